The molecule has 0 aliphatic carbocycles. The summed E-state index contributed by atoms with van der Waals surface area (Å²) in [5.74, 6) is 0. The molecule has 4 heteroatoms. The number of ether oxygens (including phenoxy) is 1. The Hall–Kier alpha value is -0.870. The Bertz CT molecular complexity index is 292. The number of nitrogens with one attached hydrogen (secondary N) is 1. The third kappa shape index (κ3) is 3.04. The lowest BCUT2D eigenvalue weighted by Gasteiger charge is -2.09. The van der Waals surface area contributed by atoms with Gasteiger partial charge in [0.2, 0.25) is 0 Å². The molecule has 0 unspecified atom stereocenters. The molecule has 1 fully saturated rings. The molecule has 1 aromatic heterocycles. The van der Waals surface area contributed by atoms with E-state index < -0.39 is 0 Å². The van der Waals surface area contributed by atoms with E-state index in [2.05, 4.69) is 23.4 Å². The fraction of sp³-hybridized carbons (Fsp3) is 0.727. The van der Waals surface area contributed by atoms with Crippen molar-refractivity contribution >= 4 is 0 Å². The Balaban J connectivity index is 1.68. The first kappa shape index (κ1) is 10.6. The lowest BCUT2D eigenvalue weighted by molar-refractivity contribution is 0.110. The zero-order valence-corrected chi connectivity index (χ0v) is 9.28. The summed E-state index contributed by atoms with van der Waals surface area (Å²) in [6.45, 7) is 5.74. The van der Waals surface area contributed by atoms with E-state index in [1.54, 1.807) is 0 Å². The molecule has 1 aromatic rings. The Kier molecular flexibility index (Phi) is 3.75. The minimum absolute atomic E-state index is 0.415. The van der Waals surface area contributed by atoms with E-state index in [4.69, 9.17) is 4.74 Å². The normalized spacial score (nSPS) is 21.0. The van der Waals surface area contributed by atoms with Crippen LogP contribution in [-0.4, -0.2) is 29.0 Å². The second kappa shape index (κ2) is 5.28. The number of aryl methyl sites for hydroxylation is 1. The van der Waals surface area contributed by atoms with Crippen LogP contribution < -0.4 is 5.32 Å². The molecule has 0 aromatic carbocycles. The molecule has 0 bridgehead atoms. The van der Waals surface area contributed by atoms with Crippen molar-refractivity contribution in [1.29, 1.82) is 0 Å². The third-order valence-electron chi connectivity index (χ3n) is 2.72. The average molecular weight is 209 g/mol. The molecular formula is C11H19N3O. The molecule has 2 heterocycles. The van der Waals surface area contributed by atoms with Gasteiger partial charge < -0.3 is 10.1 Å². The maximum atomic E-state index is 5.53. The average Bonchev–Trinajstić information content (AvgIpc) is 2.88. The zero-order chi connectivity index (χ0) is 10.5. The van der Waals surface area contributed by atoms with Crippen molar-refractivity contribution in [1.82, 2.24) is 15.1 Å². The Morgan fingerprint density at radius 2 is 2.60 bits per heavy atom. The van der Waals surface area contributed by atoms with Crippen LogP contribution in [0.4, 0.5) is 0 Å². The van der Waals surface area contributed by atoms with Crippen LogP contribution in [0.25, 0.3) is 0 Å². The van der Waals surface area contributed by atoms with Crippen molar-refractivity contribution < 1.29 is 4.74 Å². The molecule has 0 radical (unpaired) electrons. The van der Waals surface area contributed by atoms with Gasteiger partial charge in [0.1, 0.15) is 0 Å². The van der Waals surface area contributed by atoms with Crippen LogP contribution in [0.1, 0.15) is 25.5 Å². The van der Waals surface area contributed by atoms with Crippen molar-refractivity contribution in [3.8, 4) is 0 Å². The molecule has 4 nitrogen and oxygen atoms in total. The van der Waals surface area contributed by atoms with E-state index in [9.17, 15) is 0 Å². The molecule has 1 saturated heterocycles. The molecule has 0 saturated carbocycles. The summed E-state index contributed by atoms with van der Waals surface area (Å²) < 4.78 is 7.48. The molecule has 1 aliphatic rings. The molecule has 1 aliphatic heterocycles. The molecule has 15 heavy (non-hydrogen) atoms. The summed E-state index contributed by atoms with van der Waals surface area (Å²) in [5.41, 5.74) is 1.11. The standard InChI is InChI=1S/C11H19N3O/c1-2-14-6-5-10(13-14)8-12-9-11-4-3-7-15-11/h5-6,11-12H,2-4,7-9H2,1H3/t11-/m0/s1. The summed E-state index contributed by atoms with van der Waals surface area (Å²) >= 11 is 0. The second-order valence-corrected chi connectivity index (χ2v) is 3.93. The maximum absolute atomic E-state index is 5.53. The van der Waals surface area contributed by atoms with Crippen LogP contribution in [0.15, 0.2) is 12.3 Å². The van der Waals surface area contributed by atoms with Gasteiger partial charge in [0.15, 0.2) is 0 Å². The van der Waals surface area contributed by atoms with Crippen molar-refractivity contribution in [3.05, 3.63) is 18.0 Å². The van der Waals surface area contributed by atoms with E-state index in [0.717, 1.165) is 31.9 Å². The lowest BCUT2D eigenvalue weighted by Crippen LogP contribution is -2.26. The highest BCUT2D eigenvalue weighted by atomic mass is 16.5. The van der Waals surface area contributed by atoms with Gasteiger partial charge in [-0.05, 0) is 25.8 Å². The van der Waals surface area contributed by atoms with Crippen molar-refractivity contribution in [2.45, 2.75) is 39.0 Å². The summed E-state index contributed by atoms with van der Waals surface area (Å²) in [5, 5.41) is 7.79. The first-order valence-corrected chi connectivity index (χ1v) is 5.73. The fourth-order valence-corrected chi connectivity index (χ4v) is 1.84. The molecular weight excluding hydrogens is 190 g/mol. The van der Waals surface area contributed by atoms with Gasteiger partial charge in [0.25, 0.3) is 0 Å². The molecule has 84 valence electrons. The van der Waals surface area contributed by atoms with Gasteiger partial charge in [-0.25, -0.2) is 0 Å². The number of hydrogen-bond donors (Lipinski definition) is 1. The van der Waals surface area contributed by atoms with Crippen LogP contribution >= 0.6 is 0 Å². The van der Waals surface area contributed by atoms with E-state index in [1.165, 1.54) is 12.8 Å². The van der Waals surface area contributed by atoms with Crippen LogP contribution in [0.3, 0.4) is 0 Å². The van der Waals surface area contributed by atoms with E-state index in [1.807, 2.05) is 10.9 Å². The number of hydrogen-bond acceptors (Lipinski definition) is 3. The van der Waals surface area contributed by atoms with Crippen LogP contribution in [-0.2, 0) is 17.8 Å². The van der Waals surface area contributed by atoms with Crippen molar-refractivity contribution in [3.63, 3.8) is 0 Å². The van der Waals surface area contributed by atoms with Crippen LogP contribution in [0.5, 0.6) is 0 Å². The van der Waals surface area contributed by atoms with E-state index >= 15 is 0 Å². The summed E-state index contributed by atoms with van der Waals surface area (Å²) in [6, 6.07) is 2.06. The molecule has 0 spiro atoms. The maximum Gasteiger partial charge on any atom is 0.0762 e. The van der Waals surface area contributed by atoms with Crippen molar-refractivity contribution in [2.24, 2.45) is 0 Å². The van der Waals surface area contributed by atoms with Gasteiger partial charge in [-0.2, -0.15) is 5.10 Å². The monoisotopic (exact) mass is 209 g/mol. The Labute approximate surface area is 90.6 Å². The van der Waals surface area contributed by atoms with Gasteiger partial charge in [0.05, 0.1) is 11.8 Å². The number of nitrogens with zero attached hydrogens (tertiary/aromatic N) is 2. The van der Waals surface area contributed by atoms with Gasteiger partial charge in [-0.3, -0.25) is 4.68 Å². The second-order valence-electron chi connectivity index (χ2n) is 3.93. The predicted octanol–water partition coefficient (Wildman–Crippen LogP) is 1.17. The minimum Gasteiger partial charge on any atom is -0.377 e. The van der Waals surface area contributed by atoms with Gasteiger partial charge in [0, 0.05) is 32.4 Å². The Morgan fingerprint density at radius 3 is 3.27 bits per heavy atom. The molecule has 1 atom stereocenters. The highest BCUT2D eigenvalue weighted by Gasteiger charge is 2.14. The van der Waals surface area contributed by atoms with Gasteiger partial charge in [-0.1, -0.05) is 0 Å². The first-order chi connectivity index (χ1) is 7.38. The molecule has 1 N–H and O–H groups in total. The summed E-state index contributed by atoms with van der Waals surface area (Å²) in [6.07, 6.45) is 4.83. The van der Waals surface area contributed by atoms with Crippen molar-refractivity contribution in [2.75, 3.05) is 13.2 Å². The minimum atomic E-state index is 0.415. The van der Waals surface area contributed by atoms with E-state index in [0.29, 0.717) is 6.10 Å². The summed E-state index contributed by atoms with van der Waals surface area (Å²) in [7, 11) is 0. The molecule has 2 rings (SSSR count). The zero-order valence-electron chi connectivity index (χ0n) is 9.28. The lowest BCUT2D eigenvalue weighted by atomic mass is 10.2. The van der Waals surface area contributed by atoms with E-state index in [-0.39, 0.29) is 0 Å². The molecule has 0 amide bonds. The predicted molar refractivity (Wildman–Crippen MR) is 58.6 cm³/mol. The smallest absolute Gasteiger partial charge is 0.0762 e. The first-order valence-electron chi connectivity index (χ1n) is 5.73. The quantitative estimate of drug-likeness (QED) is 0.791. The fourth-order valence-electron chi connectivity index (χ4n) is 1.84. The number of aromatic nitrogens is 2. The third-order valence-corrected chi connectivity index (χ3v) is 2.72. The number of rotatable bonds is 5. The van der Waals surface area contributed by atoms with Crippen LogP contribution in [0.2, 0.25) is 0 Å². The SMILES string of the molecule is CCn1ccc(CNC[C@@H]2CCCO2)n1. The topological polar surface area (TPSA) is 39.1 Å². The Morgan fingerprint density at radius 1 is 1.67 bits per heavy atom. The largest absolute Gasteiger partial charge is 0.377 e. The van der Waals surface area contributed by atoms with Crippen LogP contribution in [0, 0.1) is 0 Å². The highest BCUT2D eigenvalue weighted by molar-refractivity contribution is 4.98. The summed E-state index contributed by atoms with van der Waals surface area (Å²) in [4.78, 5) is 0. The highest BCUT2D eigenvalue weighted by Crippen LogP contribution is 2.10. The van der Waals surface area contributed by atoms with Gasteiger partial charge >= 0.3 is 0 Å². The van der Waals surface area contributed by atoms with Gasteiger partial charge in [-0.15, -0.1) is 0 Å².